The van der Waals surface area contributed by atoms with Crippen LogP contribution in [0.25, 0.3) is 10.8 Å². The number of carbonyl (C=O) groups is 2. The summed E-state index contributed by atoms with van der Waals surface area (Å²) < 4.78 is 38.7. The summed E-state index contributed by atoms with van der Waals surface area (Å²) in [5.74, 6) is -3.14. The highest BCUT2D eigenvalue weighted by Gasteiger charge is 2.18. The molecule has 1 aromatic heterocycles. The third-order valence-corrected chi connectivity index (χ3v) is 4.56. The minimum absolute atomic E-state index is 0.0718. The summed E-state index contributed by atoms with van der Waals surface area (Å²) in [7, 11) is 0. The number of rotatable bonds is 6. The van der Waals surface area contributed by atoms with Crippen molar-refractivity contribution in [2.24, 2.45) is 5.73 Å². The fourth-order valence-corrected chi connectivity index (χ4v) is 3.01. The smallest absolute Gasteiger partial charge is 0.291 e. The lowest BCUT2D eigenvalue weighted by molar-refractivity contribution is 0.0983. The van der Waals surface area contributed by atoms with Gasteiger partial charge in [-0.25, -0.2) is 8.78 Å². The van der Waals surface area contributed by atoms with E-state index in [1.165, 1.54) is 6.07 Å². The Bertz CT molecular complexity index is 1300. The Morgan fingerprint density at radius 2 is 1.71 bits per heavy atom. The van der Waals surface area contributed by atoms with E-state index in [0.29, 0.717) is 17.6 Å². The number of nitrogens with one attached hydrogen (secondary N) is 1. The molecule has 0 aliphatic heterocycles. The molecular weight excluding hydrogens is 406 g/mol. The van der Waals surface area contributed by atoms with Crippen molar-refractivity contribution in [2.75, 3.05) is 5.32 Å². The maximum Gasteiger partial charge on any atom is 0.291 e. The number of amides is 2. The first kappa shape index (κ1) is 20.1. The summed E-state index contributed by atoms with van der Waals surface area (Å²) in [5, 5.41) is 4.34. The highest BCUT2D eigenvalue weighted by molar-refractivity contribution is 6.03. The van der Waals surface area contributed by atoms with E-state index < -0.39 is 34.7 Å². The molecule has 6 nitrogen and oxygen atoms in total. The fourth-order valence-electron chi connectivity index (χ4n) is 3.01. The molecule has 0 atom stereocenters. The van der Waals surface area contributed by atoms with Crippen LogP contribution >= 0.6 is 0 Å². The van der Waals surface area contributed by atoms with Gasteiger partial charge in [-0.3, -0.25) is 9.59 Å². The molecule has 156 valence electrons. The fraction of sp³-hybridized carbons (Fsp3) is 0.0435. The first-order valence-electron chi connectivity index (χ1n) is 9.21. The maximum atomic E-state index is 13.9. The largest absolute Gasteiger partial charge is 0.486 e. The van der Waals surface area contributed by atoms with E-state index in [0.717, 1.165) is 16.8 Å². The molecule has 0 aliphatic rings. The third-order valence-electron chi connectivity index (χ3n) is 4.56. The zero-order valence-corrected chi connectivity index (χ0v) is 16.0. The summed E-state index contributed by atoms with van der Waals surface area (Å²) in [6.45, 7) is 0.0718. The van der Waals surface area contributed by atoms with Crippen LogP contribution in [0.3, 0.4) is 0 Å². The van der Waals surface area contributed by atoms with Gasteiger partial charge in [-0.15, -0.1) is 0 Å². The summed E-state index contributed by atoms with van der Waals surface area (Å²) in [6.07, 6.45) is 0. The molecule has 8 heteroatoms. The molecule has 0 saturated carbocycles. The second-order valence-electron chi connectivity index (χ2n) is 6.69. The van der Waals surface area contributed by atoms with Crippen LogP contribution in [0, 0.1) is 11.6 Å². The molecule has 0 saturated heterocycles. The van der Waals surface area contributed by atoms with Gasteiger partial charge in [-0.05, 0) is 41.1 Å². The van der Waals surface area contributed by atoms with Crippen LogP contribution in [0.5, 0.6) is 5.75 Å². The molecule has 0 bridgehead atoms. The van der Waals surface area contributed by atoms with Crippen molar-refractivity contribution in [3.8, 4) is 5.75 Å². The van der Waals surface area contributed by atoms with Gasteiger partial charge in [0.05, 0.1) is 11.3 Å². The molecule has 0 fully saturated rings. The van der Waals surface area contributed by atoms with Crippen LogP contribution in [0.1, 0.15) is 26.7 Å². The summed E-state index contributed by atoms with van der Waals surface area (Å²) >= 11 is 0. The summed E-state index contributed by atoms with van der Waals surface area (Å²) in [5.41, 5.74) is 4.11. The molecule has 2 amide bonds. The van der Waals surface area contributed by atoms with Gasteiger partial charge in [0, 0.05) is 6.07 Å². The number of hydrogen-bond donors (Lipinski definition) is 2. The number of primary amides is 1. The van der Waals surface area contributed by atoms with Crippen molar-refractivity contribution in [1.29, 1.82) is 0 Å². The van der Waals surface area contributed by atoms with Crippen LogP contribution in [0.2, 0.25) is 0 Å². The van der Waals surface area contributed by atoms with Gasteiger partial charge < -0.3 is 20.2 Å². The van der Waals surface area contributed by atoms with E-state index in [9.17, 15) is 18.4 Å². The Morgan fingerprint density at radius 3 is 2.48 bits per heavy atom. The van der Waals surface area contributed by atoms with Crippen molar-refractivity contribution in [2.45, 2.75) is 6.61 Å². The Labute approximate surface area is 175 Å². The summed E-state index contributed by atoms with van der Waals surface area (Å²) in [4.78, 5) is 23.6. The lowest BCUT2D eigenvalue weighted by atomic mass is 10.1. The Kier molecular flexibility index (Phi) is 5.36. The molecule has 3 aromatic carbocycles. The van der Waals surface area contributed by atoms with E-state index in [1.807, 2.05) is 42.5 Å². The molecule has 0 spiro atoms. The standard InChI is InChI=1S/C23H16F2N2O4/c24-18-11-19(25)20(10-17(18)22(26)28)27-23(29)21-8-7-16(31-21)12-30-15-6-5-13-3-1-2-4-14(13)9-15/h1-11H,12H2,(H2,26,28)(H,27,29). The minimum Gasteiger partial charge on any atom is -0.486 e. The zero-order chi connectivity index (χ0) is 22.0. The second-order valence-corrected chi connectivity index (χ2v) is 6.69. The number of ether oxygens (including phenoxy) is 1. The number of benzene rings is 3. The van der Waals surface area contributed by atoms with Crippen LogP contribution in [0.15, 0.2) is 71.1 Å². The Morgan fingerprint density at radius 1 is 0.935 bits per heavy atom. The average molecular weight is 422 g/mol. The van der Waals surface area contributed by atoms with Gasteiger partial charge in [-0.2, -0.15) is 0 Å². The molecule has 1 heterocycles. The normalized spacial score (nSPS) is 10.8. The van der Waals surface area contributed by atoms with E-state index in [2.05, 4.69) is 5.32 Å². The molecule has 4 rings (SSSR count). The number of furan rings is 1. The number of hydrogen-bond acceptors (Lipinski definition) is 4. The monoisotopic (exact) mass is 422 g/mol. The van der Waals surface area contributed by atoms with Gasteiger partial charge in [-0.1, -0.05) is 30.3 Å². The Balaban J connectivity index is 1.44. The van der Waals surface area contributed by atoms with Gasteiger partial charge in [0.15, 0.2) is 5.76 Å². The first-order chi connectivity index (χ1) is 14.9. The van der Waals surface area contributed by atoms with Crippen LogP contribution in [-0.4, -0.2) is 11.8 Å². The van der Waals surface area contributed by atoms with Crippen molar-refractivity contribution in [3.63, 3.8) is 0 Å². The van der Waals surface area contributed by atoms with Crippen LogP contribution in [-0.2, 0) is 6.61 Å². The third kappa shape index (κ3) is 4.37. The predicted molar refractivity (Wildman–Crippen MR) is 110 cm³/mol. The van der Waals surface area contributed by atoms with E-state index in [1.54, 1.807) is 6.07 Å². The number of carbonyl (C=O) groups excluding carboxylic acids is 2. The van der Waals surface area contributed by atoms with Crippen molar-refractivity contribution >= 4 is 28.3 Å². The van der Waals surface area contributed by atoms with E-state index >= 15 is 0 Å². The van der Waals surface area contributed by atoms with E-state index in [-0.39, 0.29) is 12.4 Å². The number of anilines is 1. The lowest BCUT2D eigenvalue weighted by Crippen LogP contribution is -2.17. The van der Waals surface area contributed by atoms with Crippen molar-refractivity contribution < 1.29 is 27.5 Å². The van der Waals surface area contributed by atoms with E-state index in [4.69, 9.17) is 14.9 Å². The second kappa shape index (κ2) is 8.27. The Hall–Kier alpha value is -4.20. The minimum atomic E-state index is -1.12. The highest BCUT2D eigenvalue weighted by atomic mass is 19.1. The number of fused-ring (bicyclic) bond motifs is 1. The quantitative estimate of drug-likeness (QED) is 0.473. The van der Waals surface area contributed by atoms with Gasteiger partial charge >= 0.3 is 0 Å². The van der Waals surface area contributed by atoms with Crippen molar-refractivity contribution in [3.05, 3.63) is 95.4 Å². The lowest BCUT2D eigenvalue weighted by Gasteiger charge is -2.08. The maximum absolute atomic E-state index is 13.9. The molecular formula is C23H16F2N2O4. The SMILES string of the molecule is NC(=O)c1cc(NC(=O)c2ccc(COc3ccc4ccccc4c3)o2)c(F)cc1F. The molecule has 3 N–H and O–H groups in total. The van der Waals surface area contributed by atoms with Crippen molar-refractivity contribution in [1.82, 2.24) is 0 Å². The first-order valence-corrected chi connectivity index (χ1v) is 9.21. The van der Waals surface area contributed by atoms with Gasteiger partial charge in [0.25, 0.3) is 11.8 Å². The summed E-state index contributed by atoms with van der Waals surface area (Å²) in [6, 6.07) is 17.7. The van der Waals surface area contributed by atoms with Crippen LogP contribution in [0.4, 0.5) is 14.5 Å². The topological polar surface area (TPSA) is 94.6 Å². The highest BCUT2D eigenvalue weighted by Crippen LogP contribution is 2.23. The number of nitrogens with two attached hydrogens (primary N) is 1. The average Bonchev–Trinajstić information content (AvgIpc) is 3.23. The molecule has 0 aliphatic carbocycles. The molecule has 31 heavy (non-hydrogen) atoms. The van der Waals surface area contributed by atoms with Gasteiger partial charge in [0.1, 0.15) is 29.8 Å². The number of halogens is 2. The molecule has 0 unspecified atom stereocenters. The van der Waals surface area contributed by atoms with Gasteiger partial charge in [0.2, 0.25) is 0 Å². The molecule has 0 radical (unpaired) electrons. The molecule has 4 aromatic rings. The predicted octanol–water partition coefficient (Wildman–Crippen LogP) is 4.64. The zero-order valence-electron chi connectivity index (χ0n) is 16.0. The van der Waals surface area contributed by atoms with Crippen LogP contribution < -0.4 is 15.8 Å².